The molecule has 3 unspecified atom stereocenters. The van der Waals surface area contributed by atoms with Crippen LogP contribution in [0.15, 0.2) is 0 Å². The van der Waals surface area contributed by atoms with Gasteiger partial charge in [0, 0.05) is 25.2 Å². The lowest BCUT2D eigenvalue weighted by molar-refractivity contribution is 0.209. The third-order valence-corrected chi connectivity index (χ3v) is 5.25. The van der Waals surface area contributed by atoms with E-state index in [0.717, 1.165) is 31.5 Å². The number of unbranched alkanes of at least 4 members (excludes halogenated alkanes) is 2. The second kappa shape index (κ2) is 16.4. The van der Waals surface area contributed by atoms with Gasteiger partial charge >= 0.3 is 0 Å². The molecule has 25 heavy (non-hydrogen) atoms. The van der Waals surface area contributed by atoms with Gasteiger partial charge in [0.2, 0.25) is 0 Å². The quantitative estimate of drug-likeness (QED) is 0.394. The lowest BCUT2D eigenvalue weighted by Gasteiger charge is -2.33. The van der Waals surface area contributed by atoms with Crippen molar-refractivity contribution in [1.29, 1.82) is 0 Å². The normalized spacial score (nSPS) is 16.3. The number of nitrogens with one attached hydrogen (secondary N) is 1. The van der Waals surface area contributed by atoms with Crippen LogP contribution in [0.25, 0.3) is 0 Å². The van der Waals surface area contributed by atoms with Gasteiger partial charge in [0.15, 0.2) is 0 Å². The third kappa shape index (κ3) is 15.0. The van der Waals surface area contributed by atoms with Gasteiger partial charge in [0.05, 0.1) is 0 Å². The van der Waals surface area contributed by atoms with Gasteiger partial charge in [-0.25, -0.2) is 0 Å². The first-order chi connectivity index (χ1) is 11.4. The predicted molar refractivity (Wildman–Crippen MR) is 117 cm³/mol. The summed E-state index contributed by atoms with van der Waals surface area (Å²) in [7, 11) is 2.23. The Morgan fingerprint density at radius 3 is 1.96 bits per heavy atom. The molecule has 0 aliphatic carbocycles. The zero-order valence-corrected chi connectivity index (χ0v) is 18.9. The molecule has 0 heterocycles. The van der Waals surface area contributed by atoms with E-state index >= 15 is 0 Å². The summed E-state index contributed by atoms with van der Waals surface area (Å²) >= 11 is 0. The molecule has 3 N–H and O–H groups in total. The standard InChI is InChI=1S/C21H47N3.ClH/c1-7-11-13-19(9-3)15-23-17-21(5,22)18-24(6)16-20(10-4)14-12-8-2;/h19-20,23H,7-18,22H2,1-6H3;1H. The van der Waals surface area contributed by atoms with Crippen molar-refractivity contribution < 1.29 is 0 Å². The number of nitrogens with two attached hydrogens (primary N) is 1. The topological polar surface area (TPSA) is 41.3 Å². The van der Waals surface area contributed by atoms with Gasteiger partial charge in [-0.2, -0.15) is 0 Å². The Bertz CT molecular complexity index is 284. The summed E-state index contributed by atoms with van der Waals surface area (Å²) in [5.74, 6) is 1.62. The van der Waals surface area contributed by atoms with E-state index in [1.807, 2.05) is 0 Å². The minimum absolute atomic E-state index is 0. The predicted octanol–water partition coefficient (Wildman–Crippen LogP) is 5.08. The summed E-state index contributed by atoms with van der Waals surface area (Å²) in [6.45, 7) is 15.5. The zero-order chi connectivity index (χ0) is 18.4. The van der Waals surface area contributed by atoms with Gasteiger partial charge in [0.25, 0.3) is 0 Å². The van der Waals surface area contributed by atoms with Gasteiger partial charge in [-0.3, -0.25) is 0 Å². The van der Waals surface area contributed by atoms with Crippen molar-refractivity contribution in [3.63, 3.8) is 0 Å². The van der Waals surface area contributed by atoms with E-state index in [1.165, 1.54) is 57.9 Å². The maximum atomic E-state index is 6.56. The Labute approximate surface area is 165 Å². The minimum Gasteiger partial charge on any atom is -0.323 e. The summed E-state index contributed by atoms with van der Waals surface area (Å²) in [6, 6.07) is 0. The van der Waals surface area contributed by atoms with Gasteiger partial charge < -0.3 is 16.0 Å². The summed E-state index contributed by atoms with van der Waals surface area (Å²) in [4.78, 5) is 2.44. The Morgan fingerprint density at radius 1 is 0.960 bits per heavy atom. The van der Waals surface area contributed by atoms with Gasteiger partial charge in [0.1, 0.15) is 0 Å². The lowest BCUT2D eigenvalue weighted by Crippen LogP contribution is -2.54. The average Bonchev–Trinajstić information content (AvgIpc) is 2.53. The molecule has 0 amide bonds. The lowest BCUT2D eigenvalue weighted by atomic mass is 9.96. The molecule has 0 spiro atoms. The van der Waals surface area contributed by atoms with Crippen LogP contribution in [0, 0.1) is 11.8 Å². The fourth-order valence-corrected chi connectivity index (χ4v) is 3.60. The second-order valence-corrected chi connectivity index (χ2v) is 8.31. The number of halogens is 1. The van der Waals surface area contributed by atoms with Crippen LogP contribution in [-0.4, -0.2) is 43.7 Å². The number of hydrogen-bond donors (Lipinski definition) is 2. The van der Waals surface area contributed by atoms with E-state index < -0.39 is 0 Å². The van der Waals surface area contributed by atoms with Crippen molar-refractivity contribution in [3.8, 4) is 0 Å². The molecule has 0 aromatic heterocycles. The molecule has 0 bridgehead atoms. The highest BCUT2D eigenvalue weighted by Gasteiger charge is 2.22. The Kier molecular flexibility index (Phi) is 17.9. The monoisotopic (exact) mass is 377 g/mol. The molecular weight excluding hydrogens is 330 g/mol. The Hall–Kier alpha value is 0.170. The van der Waals surface area contributed by atoms with Gasteiger partial charge in [-0.1, -0.05) is 66.2 Å². The number of rotatable bonds is 16. The van der Waals surface area contributed by atoms with E-state index in [9.17, 15) is 0 Å². The molecule has 0 saturated heterocycles. The first-order valence-corrected chi connectivity index (χ1v) is 10.6. The molecule has 154 valence electrons. The molecule has 0 saturated carbocycles. The van der Waals surface area contributed by atoms with Crippen molar-refractivity contribution in [1.82, 2.24) is 10.2 Å². The highest BCUT2D eigenvalue weighted by Crippen LogP contribution is 2.15. The van der Waals surface area contributed by atoms with Crippen molar-refractivity contribution in [2.45, 2.75) is 91.5 Å². The van der Waals surface area contributed by atoms with Gasteiger partial charge in [-0.15, -0.1) is 12.4 Å². The summed E-state index contributed by atoms with van der Waals surface area (Å²) < 4.78 is 0. The van der Waals surface area contributed by atoms with Crippen LogP contribution in [0.2, 0.25) is 0 Å². The van der Waals surface area contributed by atoms with Crippen molar-refractivity contribution in [3.05, 3.63) is 0 Å². The molecule has 0 aromatic rings. The summed E-state index contributed by atoms with van der Waals surface area (Å²) in [5, 5.41) is 3.64. The SMILES string of the molecule is CCCCC(CC)CNCC(C)(N)CN(C)CC(CC)CCCC.Cl. The van der Waals surface area contributed by atoms with Crippen LogP contribution >= 0.6 is 12.4 Å². The zero-order valence-electron chi connectivity index (χ0n) is 18.1. The molecule has 0 aromatic carbocycles. The molecule has 0 aliphatic heterocycles. The third-order valence-electron chi connectivity index (χ3n) is 5.25. The van der Waals surface area contributed by atoms with Crippen molar-refractivity contribution in [2.75, 3.05) is 33.2 Å². The van der Waals surface area contributed by atoms with Crippen LogP contribution in [0.3, 0.4) is 0 Å². The number of likely N-dealkylation sites (N-methyl/N-ethyl adjacent to an activating group) is 1. The van der Waals surface area contributed by atoms with E-state index in [4.69, 9.17) is 5.73 Å². The van der Waals surface area contributed by atoms with Crippen molar-refractivity contribution >= 4 is 12.4 Å². The highest BCUT2D eigenvalue weighted by atomic mass is 35.5. The smallest absolute Gasteiger partial charge is 0.0381 e. The second-order valence-electron chi connectivity index (χ2n) is 8.31. The van der Waals surface area contributed by atoms with Crippen LogP contribution in [0.1, 0.15) is 86.0 Å². The van der Waals surface area contributed by atoms with Crippen LogP contribution in [0.4, 0.5) is 0 Å². The fraction of sp³-hybridized carbons (Fsp3) is 1.00. The number of nitrogens with zero attached hydrogens (tertiary/aromatic N) is 1. The highest BCUT2D eigenvalue weighted by molar-refractivity contribution is 5.85. The Morgan fingerprint density at radius 2 is 1.48 bits per heavy atom. The Balaban J connectivity index is 0. The van der Waals surface area contributed by atoms with Crippen LogP contribution < -0.4 is 11.1 Å². The molecule has 4 heteroatoms. The maximum Gasteiger partial charge on any atom is 0.0381 e. The molecule has 0 aliphatic rings. The van der Waals surface area contributed by atoms with Crippen LogP contribution in [-0.2, 0) is 0 Å². The maximum absolute atomic E-state index is 6.56. The average molecular weight is 378 g/mol. The first-order valence-electron chi connectivity index (χ1n) is 10.6. The summed E-state index contributed by atoms with van der Waals surface area (Å²) in [5.41, 5.74) is 6.41. The van der Waals surface area contributed by atoms with E-state index in [-0.39, 0.29) is 17.9 Å². The summed E-state index contributed by atoms with van der Waals surface area (Å²) in [6.07, 6.45) is 10.5. The minimum atomic E-state index is -0.152. The number of hydrogen-bond acceptors (Lipinski definition) is 3. The molecular formula is C21H48ClN3. The largest absolute Gasteiger partial charge is 0.323 e. The van der Waals surface area contributed by atoms with E-state index in [0.29, 0.717) is 0 Å². The fourth-order valence-electron chi connectivity index (χ4n) is 3.60. The van der Waals surface area contributed by atoms with E-state index in [1.54, 1.807) is 0 Å². The van der Waals surface area contributed by atoms with Crippen molar-refractivity contribution in [2.24, 2.45) is 17.6 Å². The molecule has 0 rings (SSSR count). The molecule has 3 atom stereocenters. The van der Waals surface area contributed by atoms with Crippen LogP contribution in [0.5, 0.6) is 0 Å². The van der Waals surface area contributed by atoms with Gasteiger partial charge in [-0.05, 0) is 45.2 Å². The molecule has 0 fully saturated rings. The molecule has 3 nitrogen and oxygen atoms in total. The first kappa shape index (κ1) is 27.4. The van der Waals surface area contributed by atoms with E-state index in [2.05, 4.69) is 51.9 Å². The molecule has 0 radical (unpaired) electrons.